The normalized spacial score (nSPS) is 22.0. The largest absolute Gasteiger partial charge is 0.495 e. The van der Waals surface area contributed by atoms with Crippen molar-refractivity contribution >= 4 is 23.2 Å². The zero-order valence-corrected chi connectivity index (χ0v) is 16.1. The number of likely N-dealkylation sites (tertiary alicyclic amines) is 1. The molecule has 0 bridgehead atoms. The third-order valence-electron chi connectivity index (χ3n) is 6.02. The van der Waals surface area contributed by atoms with Gasteiger partial charge < -0.3 is 19.9 Å². The Morgan fingerprint density at radius 1 is 1.11 bits per heavy atom. The van der Waals surface area contributed by atoms with Gasteiger partial charge in [-0.25, -0.2) is 0 Å². The molecule has 0 radical (unpaired) electrons. The van der Waals surface area contributed by atoms with Gasteiger partial charge in [-0.2, -0.15) is 0 Å². The maximum atomic E-state index is 12.7. The van der Waals surface area contributed by atoms with Crippen molar-refractivity contribution < 1.29 is 14.3 Å². The van der Waals surface area contributed by atoms with Crippen molar-refractivity contribution in [2.75, 3.05) is 37.0 Å². The summed E-state index contributed by atoms with van der Waals surface area (Å²) >= 11 is 0. The first-order valence-corrected chi connectivity index (χ1v) is 10.2. The lowest BCUT2D eigenvalue weighted by molar-refractivity contribution is -0.121. The van der Waals surface area contributed by atoms with Gasteiger partial charge in [-0.15, -0.1) is 0 Å². The highest BCUT2D eigenvalue weighted by atomic mass is 16.5. The Morgan fingerprint density at radius 2 is 1.89 bits per heavy atom. The van der Waals surface area contributed by atoms with Gasteiger partial charge in [0, 0.05) is 30.6 Å². The molecule has 1 N–H and O–H groups in total. The van der Waals surface area contributed by atoms with Crippen molar-refractivity contribution in [3.8, 4) is 5.75 Å². The first kappa shape index (κ1) is 18.3. The van der Waals surface area contributed by atoms with Crippen molar-refractivity contribution in [3.05, 3.63) is 18.2 Å². The minimum Gasteiger partial charge on any atom is -0.495 e. The number of piperidine rings is 2. The molecule has 146 valence electrons. The first-order chi connectivity index (χ1) is 13.2. The summed E-state index contributed by atoms with van der Waals surface area (Å²) in [5.41, 5.74) is 1.49. The van der Waals surface area contributed by atoms with E-state index in [9.17, 15) is 9.59 Å². The minimum atomic E-state index is 0.0715. The Labute approximate surface area is 160 Å². The van der Waals surface area contributed by atoms with Gasteiger partial charge in [-0.05, 0) is 69.8 Å². The number of nitrogens with one attached hydrogen (secondary N) is 1. The van der Waals surface area contributed by atoms with E-state index in [1.165, 1.54) is 12.8 Å². The Kier molecular flexibility index (Phi) is 5.34. The van der Waals surface area contributed by atoms with Crippen molar-refractivity contribution in [2.24, 2.45) is 5.92 Å². The summed E-state index contributed by atoms with van der Waals surface area (Å²) in [7, 11) is 1.61. The Balaban J connectivity index is 1.43. The SMILES string of the molecule is COc1ccc(NC(=O)C2CCN(C3CC3)CC2)cc1N1CCCCC1=O. The highest BCUT2D eigenvalue weighted by Crippen LogP contribution is 2.34. The van der Waals surface area contributed by atoms with Crippen LogP contribution in [0.1, 0.15) is 44.9 Å². The standard InChI is InChI=1S/C21H29N3O3/c1-27-19-8-5-16(14-18(19)24-11-3-2-4-20(24)25)22-21(26)15-9-12-23(13-10-15)17-6-7-17/h5,8,14-15,17H,2-4,6-7,9-13H2,1H3,(H,22,26). The van der Waals surface area contributed by atoms with Crippen LogP contribution in [0.5, 0.6) is 5.75 Å². The maximum Gasteiger partial charge on any atom is 0.227 e. The second kappa shape index (κ2) is 7.89. The Morgan fingerprint density at radius 3 is 2.56 bits per heavy atom. The molecular formula is C21H29N3O3. The summed E-state index contributed by atoms with van der Waals surface area (Å²) in [5.74, 6) is 0.949. The molecule has 0 spiro atoms. The van der Waals surface area contributed by atoms with E-state index in [0.717, 1.165) is 56.2 Å². The maximum absolute atomic E-state index is 12.7. The molecule has 0 unspecified atom stereocenters. The molecular weight excluding hydrogens is 342 g/mol. The van der Waals surface area contributed by atoms with Crippen molar-refractivity contribution in [2.45, 2.75) is 51.0 Å². The third-order valence-corrected chi connectivity index (χ3v) is 6.02. The van der Waals surface area contributed by atoms with Crippen LogP contribution in [0.4, 0.5) is 11.4 Å². The molecule has 2 saturated heterocycles. The molecule has 6 heteroatoms. The zero-order chi connectivity index (χ0) is 18.8. The first-order valence-electron chi connectivity index (χ1n) is 10.2. The highest BCUT2D eigenvalue weighted by Gasteiger charge is 2.33. The fraction of sp³-hybridized carbons (Fsp3) is 0.619. The van der Waals surface area contributed by atoms with E-state index >= 15 is 0 Å². The summed E-state index contributed by atoms with van der Waals surface area (Å²) in [4.78, 5) is 29.3. The number of amides is 2. The number of benzene rings is 1. The van der Waals surface area contributed by atoms with E-state index in [2.05, 4.69) is 10.2 Å². The van der Waals surface area contributed by atoms with Gasteiger partial charge in [0.25, 0.3) is 0 Å². The van der Waals surface area contributed by atoms with Crippen LogP contribution in [0.25, 0.3) is 0 Å². The molecule has 0 aromatic heterocycles. The molecule has 1 aliphatic carbocycles. The van der Waals surface area contributed by atoms with Crippen LogP contribution in [0.3, 0.4) is 0 Å². The molecule has 2 aliphatic heterocycles. The molecule has 6 nitrogen and oxygen atoms in total. The number of rotatable bonds is 5. The molecule has 4 rings (SSSR count). The van der Waals surface area contributed by atoms with Crippen molar-refractivity contribution in [1.82, 2.24) is 4.90 Å². The minimum absolute atomic E-state index is 0.0715. The smallest absolute Gasteiger partial charge is 0.227 e. The molecule has 1 saturated carbocycles. The van der Waals surface area contributed by atoms with Crippen LogP contribution < -0.4 is 15.0 Å². The van der Waals surface area contributed by atoms with Crippen molar-refractivity contribution in [1.29, 1.82) is 0 Å². The fourth-order valence-corrected chi connectivity index (χ4v) is 4.25. The van der Waals surface area contributed by atoms with Crippen LogP contribution in [0, 0.1) is 5.92 Å². The van der Waals surface area contributed by atoms with E-state index in [0.29, 0.717) is 18.7 Å². The number of hydrogen-bond donors (Lipinski definition) is 1. The monoisotopic (exact) mass is 371 g/mol. The number of anilines is 2. The zero-order valence-electron chi connectivity index (χ0n) is 16.1. The molecule has 1 aromatic carbocycles. The number of ether oxygens (including phenoxy) is 1. The van der Waals surface area contributed by atoms with Gasteiger partial charge in [0.2, 0.25) is 11.8 Å². The van der Waals surface area contributed by atoms with Crippen molar-refractivity contribution in [3.63, 3.8) is 0 Å². The average molecular weight is 371 g/mol. The lowest BCUT2D eigenvalue weighted by atomic mass is 9.95. The van der Waals surface area contributed by atoms with E-state index in [-0.39, 0.29) is 17.7 Å². The van der Waals surface area contributed by atoms with Crippen LogP contribution >= 0.6 is 0 Å². The van der Waals surface area contributed by atoms with Gasteiger partial charge in [0.15, 0.2) is 0 Å². The molecule has 2 heterocycles. The lowest BCUT2D eigenvalue weighted by Gasteiger charge is -2.31. The summed E-state index contributed by atoms with van der Waals surface area (Å²) in [6.45, 7) is 2.75. The van der Waals surface area contributed by atoms with E-state index in [4.69, 9.17) is 4.74 Å². The number of methoxy groups -OCH3 is 1. The number of nitrogens with zero attached hydrogens (tertiary/aromatic N) is 2. The van der Waals surface area contributed by atoms with E-state index in [1.807, 2.05) is 18.2 Å². The van der Waals surface area contributed by atoms with Gasteiger partial charge in [-0.1, -0.05) is 0 Å². The summed E-state index contributed by atoms with van der Waals surface area (Å²) in [5, 5.41) is 3.07. The van der Waals surface area contributed by atoms with Gasteiger partial charge in [-0.3, -0.25) is 9.59 Å². The topological polar surface area (TPSA) is 61.9 Å². The lowest BCUT2D eigenvalue weighted by Crippen LogP contribution is -2.39. The third kappa shape index (κ3) is 4.10. The highest BCUT2D eigenvalue weighted by molar-refractivity contribution is 5.98. The van der Waals surface area contributed by atoms with Crippen LogP contribution in [0.15, 0.2) is 18.2 Å². The van der Waals surface area contributed by atoms with Gasteiger partial charge >= 0.3 is 0 Å². The number of carbonyl (C=O) groups excluding carboxylic acids is 2. The molecule has 3 aliphatic rings. The second-order valence-corrected chi connectivity index (χ2v) is 7.92. The fourth-order valence-electron chi connectivity index (χ4n) is 4.25. The number of carbonyl (C=O) groups is 2. The van der Waals surface area contributed by atoms with E-state index < -0.39 is 0 Å². The Bertz CT molecular complexity index is 709. The summed E-state index contributed by atoms with van der Waals surface area (Å²) in [6, 6.07) is 6.34. The van der Waals surface area contributed by atoms with E-state index in [1.54, 1.807) is 12.0 Å². The van der Waals surface area contributed by atoms with Crippen LogP contribution in [-0.2, 0) is 9.59 Å². The van der Waals surface area contributed by atoms with Gasteiger partial charge in [0.05, 0.1) is 12.8 Å². The molecule has 3 fully saturated rings. The summed E-state index contributed by atoms with van der Waals surface area (Å²) < 4.78 is 5.45. The quantitative estimate of drug-likeness (QED) is 0.864. The Hall–Kier alpha value is -2.08. The predicted molar refractivity (Wildman–Crippen MR) is 105 cm³/mol. The molecule has 27 heavy (non-hydrogen) atoms. The summed E-state index contributed by atoms with van der Waals surface area (Å²) in [6.07, 6.45) is 6.99. The molecule has 2 amide bonds. The van der Waals surface area contributed by atoms with Crippen LogP contribution in [-0.4, -0.2) is 49.5 Å². The molecule has 1 aromatic rings. The predicted octanol–water partition coefficient (Wildman–Crippen LogP) is 3.03. The van der Waals surface area contributed by atoms with Crippen LogP contribution in [0.2, 0.25) is 0 Å². The average Bonchev–Trinajstić information content (AvgIpc) is 3.54. The van der Waals surface area contributed by atoms with Gasteiger partial charge in [0.1, 0.15) is 5.75 Å². The molecule has 0 atom stereocenters. The number of hydrogen-bond acceptors (Lipinski definition) is 4. The second-order valence-electron chi connectivity index (χ2n) is 7.92.